The molecule has 1 aromatic heterocycles. The van der Waals surface area contributed by atoms with Crippen LogP contribution in [0.4, 0.5) is 5.69 Å². The van der Waals surface area contributed by atoms with E-state index in [0.717, 1.165) is 10.1 Å². The van der Waals surface area contributed by atoms with Gasteiger partial charge in [-0.2, -0.15) is 0 Å². The predicted octanol–water partition coefficient (Wildman–Crippen LogP) is 3.05. The maximum atomic E-state index is 12.3. The van der Waals surface area contributed by atoms with E-state index in [1.54, 1.807) is 13.8 Å². The molecular weight excluding hydrogens is 290 g/mol. The van der Waals surface area contributed by atoms with E-state index >= 15 is 0 Å². The number of methoxy groups -OCH3 is 2. The molecule has 1 aromatic carbocycles. The van der Waals surface area contributed by atoms with Crippen LogP contribution in [-0.2, 0) is 14.3 Å². The van der Waals surface area contributed by atoms with Gasteiger partial charge in [0, 0.05) is 17.2 Å². The zero-order valence-corrected chi connectivity index (χ0v) is 13.2. The Morgan fingerprint density at radius 1 is 1.19 bits per heavy atom. The summed E-state index contributed by atoms with van der Waals surface area (Å²) in [6.07, 6.45) is 0. The van der Waals surface area contributed by atoms with E-state index in [9.17, 15) is 9.59 Å². The Kier molecular flexibility index (Phi) is 4.29. The average molecular weight is 307 g/mol. The van der Waals surface area contributed by atoms with Crippen LogP contribution >= 0.6 is 11.3 Å². The van der Waals surface area contributed by atoms with Crippen LogP contribution in [0, 0.1) is 0 Å². The van der Waals surface area contributed by atoms with Crippen molar-refractivity contribution in [2.45, 2.75) is 19.4 Å². The van der Waals surface area contributed by atoms with Crippen LogP contribution in [0.3, 0.4) is 0 Å². The van der Waals surface area contributed by atoms with Gasteiger partial charge in [0.25, 0.3) is 5.91 Å². The highest BCUT2D eigenvalue weighted by atomic mass is 32.1. The SMILES string of the molecule is COC(=O)c1sc2ccccc2c1NC(=O)C(C)(C)OC. The third kappa shape index (κ3) is 2.91. The van der Waals surface area contributed by atoms with Gasteiger partial charge >= 0.3 is 5.97 Å². The molecule has 2 aromatic rings. The van der Waals surface area contributed by atoms with Gasteiger partial charge in [0.2, 0.25) is 0 Å². The van der Waals surface area contributed by atoms with E-state index in [-0.39, 0.29) is 5.91 Å². The highest BCUT2D eigenvalue weighted by Gasteiger charge is 2.29. The maximum Gasteiger partial charge on any atom is 0.350 e. The number of carbonyl (C=O) groups is 2. The Morgan fingerprint density at radius 3 is 2.48 bits per heavy atom. The number of hydrogen-bond donors (Lipinski definition) is 1. The van der Waals surface area contributed by atoms with Gasteiger partial charge in [-0.05, 0) is 19.9 Å². The van der Waals surface area contributed by atoms with Gasteiger partial charge in [-0.1, -0.05) is 18.2 Å². The Morgan fingerprint density at radius 2 is 1.86 bits per heavy atom. The zero-order chi connectivity index (χ0) is 15.6. The van der Waals surface area contributed by atoms with Crippen molar-refractivity contribution in [1.82, 2.24) is 0 Å². The van der Waals surface area contributed by atoms with Crippen molar-refractivity contribution < 1.29 is 19.1 Å². The highest BCUT2D eigenvalue weighted by Crippen LogP contribution is 2.36. The first-order valence-electron chi connectivity index (χ1n) is 6.37. The van der Waals surface area contributed by atoms with Gasteiger partial charge < -0.3 is 14.8 Å². The summed E-state index contributed by atoms with van der Waals surface area (Å²) in [6, 6.07) is 7.48. The number of benzene rings is 1. The molecule has 0 bridgehead atoms. The molecule has 6 heteroatoms. The molecule has 21 heavy (non-hydrogen) atoms. The molecule has 0 radical (unpaired) electrons. The van der Waals surface area contributed by atoms with Crippen molar-refractivity contribution in [3.63, 3.8) is 0 Å². The molecule has 0 unspecified atom stereocenters. The third-order valence-corrected chi connectivity index (χ3v) is 4.41. The molecule has 112 valence electrons. The molecule has 0 spiro atoms. The number of ether oxygens (including phenoxy) is 2. The monoisotopic (exact) mass is 307 g/mol. The van der Waals surface area contributed by atoms with Crippen molar-refractivity contribution in [2.75, 3.05) is 19.5 Å². The first kappa shape index (κ1) is 15.5. The lowest BCUT2D eigenvalue weighted by Crippen LogP contribution is -2.39. The van der Waals surface area contributed by atoms with E-state index in [2.05, 4.69) is 5.32 Å². The number of anilines is 1. The summed E-state index contributed by atoms with van der Waals surface area (Å²) in [5, 5.41) is 3.59. The first-order chi connectivity index (χ1) is 9.90. The summed E-state index contributed by atoms with van der Waals surface area (Å²) in [7, 11) is 2.78. The first-order valence-corrected chi connectivity index (χ1v) is 7.19. The zero-order valence-electron chi connectivity index (χ0n) is 12.4. The summed E-state index contributed by atoms with van der Waals surface area (Å²) in [4.78, 5) is 24.6. The Labute approximate surface area is 126 Å². The fraction of sp³-hybridized carbons (Fsp3) is 0.333. The van der Waals surface area contributed by atoms with Crippen LogP contribution in [0.5, 0.6) is 0 Å². The summed E-state index contributed by atoms with van der Waals surface area (Å²) in [5.74, 6) is -0.791. The quantitative estimate of drug-likeness (QED) is 0.882. The molecule has 1 amide bonds. The molecule has 0 fully saturated rings. The molecule has 0 aliphatic rings. The molecule has 0 atom stereocenters. The van der Waals surface area contributed by atoms with Gasteiger partial charge in [-0.25, -0.2) is 4.79 Å². The van der Waals surface area contributed by atoms with E-state index in [1.807, 2.05) is 24.3 Å². The lowest BCUT2D eigenvalue weighted by Gasteiger charge is -2.21. The average Bonchev–Trinajstić information content (AvgIpc) is 2.85. The van der Waals surface area contributed by atoms with Gasteiger partial charge in [0.1, 0.15) is 10.5 Å². The Bertz CT molecular complexity index is 690. The molecule has 0 saturated carbocycles. The number of hydrogen-bond acceptors (Lipinski definition) is 5. The standard InChI is InChI=1S/C15H17NO4S/c1-15(2,20-4)14(18)16-11-9-7-5-6-8-10(9)21-12(11)13(17)19-3/h5-8H,1-4H3,(H,16,18). The van der Waals surface area contributed by atoms with Crippen molar-refractivity contribution in [3.05, 3.63) is 29.1 Å². The van der Waals surface area contributed by atoms with Crippen LogP contribution in [0.15, 0.2) is 24.3 Å². The van der Waals surface area contributed by atoms with Gasteiger partial charge in [-0.3, -0.25) is 4.79 Å². The highest BCUT2D eigenvalue weighted by molar-refractivity contribution is 7.21. The second-order valence-electron chi connectivity index (χ2n) is 4.96. The molecule has 0 aliphatic heterocycles. The lowest BCUT2D eigenvalue weighted by atomic mass is 10.1. The van der Waals surface area contributed by atoms with Gasteiger partial charge in [-0.15, -0.1) is 11.3 Å². The van der Waals surface area contributed by atoms with Crippen LogP contribution in [0.1, 0.15) is 23.5 Å². The largest absolute Gasteiger partial charge is 0.465 e. The van der Waals surface area contributed by atoms with Crippen LogP contribution in [-0.4, -0.2) is 31.7 Å². The fourth-order valence-electron chi connectivity index (χ4n) is 1.76. The molecule has 2 rings (SSSR count). The number of nitrogens with one attached hydrogen (secondary N) is 1. The fourth-order valence-corrected chi connectivity index (χ4v) is 2.84. The van der Waals surface area contributed by atoms with Gasteiger partial charge in [0.15, 0.2) is 0 Å². The minimum absolute atomic E-state index is 0.321. The molecule has 0 aliphatic carbocycles. The number of carbonyl (C=O) groups excluding carboxylic acids is 2. The molecular formula is C15H17NO4S. The predicted molar refractivity (Wildman–Crippen MR) is 82.9 cm³/mol. The topological polar surface area (TPSA) is 64.6 Å². The number of esters is 1. The van der Waals surface area contributed by atoms with Crippen molar-refractivity contribution in [3.8, 4) is 0 Å². The summed E-state index contributed by atoms with van der Waals surface area (Å²) in [5.41, 5.74) is -0.520. The smallest absolute Gasteiger partial charge is 0.350 e. The van der Waals surface area contributed by atoms with Crippen LogP contribution in [0.25, 0.3) is 10.1 Å². The second kappa shape index (κ2) is 5.83. The minimum Gasteiger partial charge on any atom is -0.465 e. The van der Waals surface area contributed by atoms with E-state index in [4.69, 9.17) is 9.47 Å². The van der Waals surface area contributed by atoms with E-state index < -0.39 is 11.6 Å². The number of rotatable bonds is 4. The summed E-state index contributed by atoms with van der Waals surface area (Å²) in [6.45, 7) is 3.32. The normalized spacial score (nSPS) is 11.4. The third-order valence-electron chi connectivity index (χ3n) is 3.26. The van der Waals surface area contributed by atoms with Crippen LogP contribution in [0.2, 0.25) is 0 Å². The Balaban J connectivity index is 2.51. The molecule has 1 heterocycles. The maximum absolute atomic E-state index is 12.3. The second-order valence-corrected chi connectivity index (χ2v) is 6.01. The molecule has 0 saturated heterocycles. The van der Waals surface area contributed by atoms with Crippen molar-refractivity contribution in [2.24, 2.45) is 0 Å². The van der Waals surface area contributed by atoms with E-state index in [0.29, 0.717) is 10.6 Å². The molecule has 5 nitrogen and oxygen atoms in total. The number of fused-ring (bicyclic) bond motifs is 1. The lowest BCUT2D eigenvalue weighted by molar-refractivity contribution is -0.133. The summed E-state index contributed by atoms with van der Waals surface area (Å²) < 4.78 is 10.9. The number of amides is 1. The summed E-state index contributed by atoms with van der Waals surface area (Å²) >= 11 is 1.29. The minimum atomic E-state index is -0.990. The van der Waals surface area contributed by atoms with E-state index in [1.165, 1.54) is 25.6 Å². The van der Waals surface area contributed by atoms with Crippen LogP contribution < -0.4 is 5.32 Å². The Hall–Kier alpha value is -1.92. The van der Waals surface area contributed by atoms with Gasteiger partial charge in [0.05, 0.1) is 12.8 Å². The number of thiophene rings is 1. The van der Waals surface area contributed by atoms with Crippen molar-refractivity contribution in [1.29, 1.82) is 0 Å². The van der Waals surface area contributed by atoms with Crippen molar-refractivity contribution >= 4 is 39.0 Å². The molecule has 1 N–H and O–H groups in total.